The zero-order chi connectivity index (χ0) is 60.7. The number of nitriles is 1. The molecule has 87 heavy (non-hydrogen) atoms. The van der Waals surface area contributed by atoms with E-state index in [1.54, 1.807) is 62.6 Å². The van der Waals surface area contributed by atoms with E-state index in [9.17, 15) is 19.6 Å². The summed E-state index contributed by atoms with van der Waals surface area (Å²) in [7, 11) is 3.29. The van der Waals surface area contributed by atoms with Crippen molar-refractivity contribution in [3.8, 4) is 6.19 Å². The Bertz CT molecular complexity index is 4160. The standard InChI is InChI=1S/C32H29Cl2N7O3.C32H27Cl2N7O2/c1-40-26-12-10-19(33)18-23(26)28(22-8-4-5-9-24(22)34)37-29(30(40)42)38-32(39-31(35)43)36-25-11-13-27(41-14-16-44-17-15-41)21-7-3-2-6-20(21)25;1-40-27-12-10-20(33)18-24(27)29(23-8-4-5-9-25(23)34)38-30(31(40)42)39-32(36-19-35)37-26-11-13-28(41-14-16-43-17-15-41)22-7-3-2-6-21(22)26/h2-13,18,29H,14-17H2,1H3,(H4,35,36,38,39,43);2-13,18,30H,14-17H2,1H3,(H2,36,37,39). The molecule has 19 nitrogen and oxygen atoms in total. The zero-order valence-electron chi connectivity index (χ0n) is 47.0. The lowest BCUT2D eigenvalue weighted by atomic mass is 10.00. The van der Waals surface area contributed by atoms with Gasteiger partial charge in [0.2, 0.25) is 24.3 Å². The maximum Gasteiger partial charge on any atom is 0.318 e. The number of morpholine rings is 2. The quantitative estimate of drug-likeness (QED) is 0.0416. The molecule has 440 valence electrons. The monoisotopic (exact) mass is 1240 g/mol. The number of benzene rings is 8. The van der Waals surface area contributed by atoms with Crippen LogP contribution in [0.25, 0.3) is 21.5 Å². The Kier molecular flexibility index (Phi) is 18.2. The molecule has 2 atom stereocenters. The van der Waals surface area contributed by atoms with Crippen molar-refractivity contribution < 1.29 is 23.9 Å². The average molecular weight is 1240 g/mol. The van der Waals surface area contributed by atoms with E-state index in [1.807, 2.05) is 109 Å². The number of nitrogens with one attached hydrogen (secondary N) is 4. The molecule has 2 saturated heterocycles. The molecule has 8 aromatic carbocycles. The van der Waals surface area contributed by atoms with Gasteiger partial charge >= 0.3 is 6.03 Å². The molecule has 0 bridgehead atoms. The van der Waals surface area contributed by atoms with Crippen molar-refractivity contribution in [3.05, 3.63) is 200 Å². The number of ether oxygens (including phenoxy) is 2. The van der Waals surface area contributed by atoms with Crippen LogP contribution in [0.3, 0.4) is 0 Å². The molecule has 4 amide bonds. The molecule has 4 heterocycles. The van der Waals surface area contributed by atoms with Crippen molar-refractivity contribution in [2.75, 3.05) is 96.9 Å². The predicted octanol–water partition coefficient (Wildman–Crippen LogP) is 10.9. The van der Waals surface area contributed by atoms with Crippen molar-refractivity contribution in [2.45, 2.75) is 12.3 Å². The van der Waals surface area contributed by atoms with Crippen molar-refractivity contribution in [3.63, 3.8) is 0 Å². The minimum Gasteiger partial charge on any atom is -0.378 e. The molecule has 0 radical (unpaired) electrons. The first-order valence-electron chi connectivity index (χ1n) is 27.6. The number of primary amides is 1. The lowest BCUT2D eigenvalue weighted by Gasteiger charge is -2.30. The fourth-order valence-electron chi connectivity index (χ4n) is 10.8. The Morgan fingerprint density at radius 1 is 0.540 bits per heavy atom. The summed E-state index contributed by atoms with van der Waals surface area (Å²) in [6.45, 7) is 5.83. The molecule has 8 aromatic rings. The highest BCUT2D eigenvalue weighted by Gasteiger charge is 2.33. The topological polar surface area (TPSA) is 230 Å². The summed E-state index contributed by atoms with van der Waals surface area (Å²) in [5.74, 6) is -0.796. The smallest absolute Gasteiger partial charge is 0.318 e. The number of likely N-dealkylation sites (N-methyl/N-ethyl adjacent to an activating group) is 2. The van der Waals surface area contributed by atoms with Gasteiger partial charge in [0.15, 0.2) is 6.19 Å². The Hall–Kier alpha value is -9.26. The van der Waals surface area contributed by atoms with Crippen LogP contribution in [0.1, 0.15) is 22.3 Å². The minimum absolute atomic E-state index is 0.0419. The number of aliphatic imine (C=N–C) groups is 4. The van der Waals surface area contributed by atoms with Crippen LogP contribution in [0.5, 0.6) is 0 Å². The molecule has 4 aliphatic rings. The number of hydrogen-bond acceptors (Lipinski definition) is 12. The molecule has 0 spiro atoms. The largest absolute Gasteiger partial charge is 0.378 e. The molecule has 12 rings (SSSR count). The number of carbonyl (C=O) groups excluding carboxylic acids is 3. The van der Waals surface area contributed by atoms with Crippen LogP contribution >= 0.6 is 46.4 Å². The Morgan fingerprint density at radius 2 is 0.931 bits per heavy atom. The van der Waals surface area contributed by atoms with Gasteiger partial charge < -0.3 is 45.4 Å². The van der Waals surface area contributed by atoms with Gasteiger partial charge in [0.05, 0.1) is 49.2 Å². The summed E-state index contributed by atoms with van der Waals surface area (Å²) in [6, 6.07) is 47.8. The molecule has 2 unspecified atom stereocenters. The number of rotatable bonds is 8. The molecule has 23 heteroatoms. The Morgan fingerprint density at radius 3 is 1.36 bits per heavy atom. The maximum absolute atomic E-state index is 13.8. The SMILES string of the molecule is CN1C(=O)C(N=C(NC#N)Nc2ccc(N3CCOCC3)c3ccccc23)N=C(c2ccccc2Cl)c2cc(Cl)ccc21.CN1C(=O)C(N=C(NC(N)=O)Nc2ccc(N3CCOCC3)c3ccccc23)N=C(c2ccccc2Cl)c2cc(Cl)ccc21. The summed E-state index contributed by atoms with van der Waals surface area (Å²) in [6.07, 6.45) is -0.602. The predicted molar refractivity (Wildman–Crippen MR) is 349 cm³/mol. The van der Waals surface area contributed by atoms with Gasteiger partial charge in [-0.15, -0.1) is 0 Å². The van der Waals surface area contributed by atoms with Gasteiger partial charge in [-0.05, 0) is 72.8 Å². The lowest BCUT2D eigenvalue weighted by molar-refractivity contribution is -0.120. The average Bonchev–Trinajstić information content (AvgIpc) is 2.70. The molecule has 4 aliphatic heterocycles. The van der Waals surface area contributed by atoms with Gasteiger partial charge in [-0.25, -0.2) is 24.8 Å². The van der Waals surface area contributed by atoms with Gasteiger partial charge in [0.1, 0.15) is 0 Å². The van der Waals surface area contributed by atoms with Crippen molar-refractivity contribution in [1.29, 1.82) is 5.26 Å². The normalized spacial score (nSPS) is 17.2. The number of urea groups is 1. The van der Waals surface area contributed by atoms with Crippen LogP contribution in [0.2, 0.25) is 20.1 Å². The van der Waals surface area contributed by atoms with Crippen LogP contribution in [0.4, 0.5) is 38.9 Å². The van der Waals surface area contributed by atoms with Crippen LogP contribution in [-0.2, 0) is 19.1 Å². The molecular weight excluding hydrogens is 1190 g/mol. The van der Waals surface area contributed by atoms with E-state index < -0.39 is 30.2 Å². The van der Waals surface area contributed by atoms with Gasteiger partial charge in [-0.1, -0.05) is 131 Å². The first-order chi connectivity index (χ1) is 42.2. The van der Waals surface area contributed by atoms with Crippen molar-refractivity contribution in [1.82, 2.24) is 10.6 Å². The van der Waals surface area contributed by atoms with Gasteiger partial charge in [-0.3, -0.25) is 20.2 Å². The number of benzodiazepines with no additional fused rings is 2. The molecule has 6 N–H and O–H groups in total. The summed E-state index contributed by atoms with van der Waals surface area (Å²) in [5.41, 5.74) is 13.7. The van der Waals surface area contributed by atoms with Crippen LogP contribution < -0.4 is 46.6 Å². The highest BCUT2D eigenvalue weighted by Crippen LogP contribution is 2.37. The van der Waals surface area contributed by atoms with Crippen molar-refractivity contribution in [2.24, 2.45) is 25.7 Å². The van der Waals surface area contributed by atoms with E-state index in [-0.39, 0.29) is 11.9 Å². The number of hydrogen-bond donors (Lipinski definition) is 5. The first kappa shape index (κ1) is 59.5. The number of halogens is 4. The number of carbonyl (C=O) groups is 3. The number of nitrogens with two attached hydrogens (primary N) is 1. The van der Waals surface area contributed by atoms with Crippen molar-refractivity contribution >= 4 is 143 Å². The van der Waals surface area contributed by atoms with E-state index >= 15 is 0 Å². The third-order valence-electron chi connectivity index (χ3n) is 14.9. The first-order valence-corrected chi connectivity index (χ1v) is 29.2. The number of nitrogens with zero attached hydrogens (tertiary/aromatic N) is 9. The number of amides is 4. The van der Waals surface area contributed by atoms with Crippen LogP contribution in [0.15, 0.2) is 178 Å². The van der Waals surface area contributed by atoms with E-state index in [1.165, 1.54) is 9.80 Å². The third-order valence-corrected chi connectivity index (χ3v) is 16.1. The Balaban J connectivity index is 0.000000180. The van der Waals surface area contributed by atoms with Crippen LogP contribution in [0, 0.1) is 11.5 Å². The second-order valence-corrected chi connectivity index (χ2v) is 22.0. The van der Waals surface area contributed by atoms with E-state index in [4.69, 9.17) is 71.6 Å². The van der Waals surface area contributed by atoms with E-state index in [0.717, 1.165) is 59.1 Å². The number of guanidine groups is 2. The highest BCUT2D eigenvalue weighted by molar-refractivity contribution is 6.38. The summed E-state index contributed by atoms with van der Waals surface area (Å²) < 4.78 is 11.1. The Labute approximate surface area is 521 Å². The molecule has 2 fully saturated rings. The molecule has 0 aromatic heterocycles. The maximum atomic E-state index is 13.8. The molecule has 0 saturated carbocycles. The zero-order valence-corrected chi connectivity index (χ0v) is 50.0. The van der Waals surface area contributed by atoms with Gasteiger partial charge in [0, 0.05) is 127 Å². The second-order valence-electron chi connectivity index (χ2n) is 20.3. The molecule has 0 aliphatic carbocycles. The molecular formula is C64H56Cl4N14O5. The third kappa shape index (κ3) is 13.0. The second kappa shape index (κ2) is 26.6. The highest BCUT2D eigenvalue weighted by atomic mass is 35.5. The summed E-state index contributed by atoms with van der Waals surface area (Å²) >= 11 is 26.0. The van der Waals surface area contributed by atoms with E-state index in [0.29, 0.717) is 103 Å². The van der Waals surface area contributed by atoms with Gasteiger partial charge in [0.25, 0.3) is 11.8 Å². The summed E-state index contributed by atoms with van der Waals surface area (Å²) in [5, 5.41) is 26.9. The number of fused-ring (bicyclic) bond motifs is 4. The van der Waals surface area contributed by atoms with Crippen LogP contribution in [-0.4, -0.2) is 120 Å². The number of anilines is 6. The lowest BCUT2D eigenvalue weighted by Crippen LogP contribution is -2.42. The van der Waals surface area contributed by atoms with E-state index in [2.05, 4.69) is 47.1 Å². The fraction of sp³-hybridized carbons (Fsp3) is 0.188. The fourth-order valence-corrected chi connectivity index (χ4v) is 11.6. The summed E-state index contributed by atoms with van der Waals surface area (Å²) in [4.78, 5) is 66.1. The van der Waals surface area contributed by atoms with Gasteiger partial charge in [-0.2, -0.15) is 5.26 Å². The minimum atomic E-state index is -1.30.